The first kappa shape index (κ1) is 27.2. The van der Waals surface area contributed by atoms with Crippen LogP contribution < -0.4 is 16.4 Å². The lowest BCUT2D eigenvalue weighted by molar-refractivity contribution is -0.143. The molecule has 0 radical (unpaired) electrons. The topological polar surface area (TPSA) is 186 Å². The maximum atomic E-state index is 13.4. The van der Waals surface area contributed by atoms with Crippen LogP contribution >= 0.6 is 12.6 Å². The van der Waals surface area contributed by atoms with Gasteiger partial charge >= 0.3 is 5.97 Å². The highest BCUT2D eigenvalue weighted by Crippen LogP contribution is 2.21. The van der Waals surface area contributed by atoms with Gasteiger partial charge < -0.3 is 36.3 Å². The van der Waals surface area contributed by atoms with Crippen molar-refractivity contribution in [3.8, 4) is 0 Å². The lowest BCUT2D eigenvalue weighted by Gasteiger charge is -2.28. The van der Waals surface area contributed by atoms with Gasteiger partial charge in [-0.2, -0.15) is 12.6 Å². The maximum Gasteiger partial charge on any atom is 0.326 e. The molecule has 12 nitrogen and oxygen atoms in total. The summed E-state index contributed by atoms with van der Waals surface area (Å²) in [5.74, 6) is -2.61. The number of aliphatic carboxylic acids is 1. The molecule has 4 unspecified atom stereocenters. The van der Waals surface area contributed by atoms with Crippen LogP contribution in [0.4, 0.5) is 0 Å². The van der Waals surface area contributed by atoms with Gasteiger partial charge in [-0.3, -0.25) is 14.4 Å². The Hall–Kier alpha value is -3.84. The lowest BCUT2D eigenvalue weighted by atomic mass is 10.0. The van der Waals surface area contributed by atoms with Crippen LogP contribution in [0.3, 0.4) is 0 Å². The highest BCUT2D eigenvalue weighted by atomic mass is 32.1. The van der Waals surface area contributed by atoms with E-state index < -0.39 is 42.0 Å². The number of carbonyl (C=O) groups is 4. The Morgan fingerprint density at radius 2 is 1.95 bits per heavy atom. The summed E-state index contributed by atoms with van der Waals surface area (Å²) in [5.41, 5.74) is 8.04. The Labute approximate surface area is 224 Å². The van der Waals surface area contributed by atoms with E-state index in [0.717, 1.165) is 16.5 Å². The highest BCUT2D eigenvalue weighted by molar-refractivity contribution is 7.80. The summed E-state index contributed by atoms with van der Waals surface area (Å²) in [7, 11) is 0. The molecule has 4 atom stereocenters. The lowest BCUT2D eigenvalue weighted by Crippen LogP contribution is -2.57. The van der Waals surface area contributed by atoms with E-state index in [4.69, 9.17) is 5.73 Å². The molecule has 1 aliphatic rings. The summed E-state index contributed by atoms with van der Waals surface area (Å²) in [6, 6.07) is 3.57. The number of hydrogen-bond acceptors (Lipinski definition) is 7. The molecule has 0 saturated carbocycles. The van der Waals surface area contributed by atoms with Gasteiger partial charge in [0.15, 0.2) is 0 Å². The molecule has 3 heterocycles. The molecule has 0 bridgehead atoms. The predicted molar refractivity (Wildman–Crippen MR) is 142 cm³/mol. The molecule has 4 rings (SSSR count). The monoisotopic (exact) mass is 541 g/mol. The molecule has 1 aliphatic heterocycles. The number of carbonyl (C=O) groups excluding carboxylic acids is 3. The second kappa shape index (κ2) is 12.1. The smallest absolute Gasteiger partial charge is 0.326 e. The number of fused-ring (bicyclic) bond motifs is 1. The summed E-state index contributed by atoms with van der Waals surface area (Å²) in [5, 5.41) is 15.9. The number of likely N-dealkylation sites (tertiary alicyclic amines) is 1. The molecule has 0 spiro atoms. The number of nitrogens with zero attached hydrogens (tertiary/aromatic N) is 2. The van der Waals surface area contributed by atoms with E-state index in [1.165, 1.54) is 17.4 Å². The van der Waals surface area contributed by atoms with Gasteiger partial charge in [-0.25, -0.2) is 9.78 Å². The third kappa shape index (κ3) is 6.17. The van der Waals surface area contributed by atoms with Crippen LogP contribution in [-0.2, 0) is 32.0 Å². The number of carboxylic acid groups (broad SMARTS) is 1. The zero-order chi connectivity index (χ0) is 27.2. The van der Waals surface area contributed by atoms with E-state index in [9.17, 15) is 24.3 Å². The van der Waals surface area contributed by atoms with Gasteiger partial charge in [0.1, 0.15) is 18.1 Å². The number of amides is 3. The van der Waals surface area contributed by atoms with Crippen molar-refractivity contribution in [1.82, 2.24) is 30.5 Å². The Bertz CT molecular complexity index is 1290. The Balaban J connectivity index is 1.56. The summed E-state index contributed by atoms with van der Waals surface area (Å²) in [4.78, 5) is 62.7. The minimum absolute atomic E-state index is 0.0126. The van der Waals surface area contributed by atoms with Crippen molar-refractivity contribution in [3.05, 3.63) is 54.2 Å². The fourth-order valence-corrected chi connectivity index (χ4v) is 4.84. The normalized spacial score (nSPS) is 17.6. The standard InChI is InChI=1S/C25H31N7O5S/c26-17(12-38)24(35)32-7-3-6-21(32)23(34)30-19(8-14-10-28-18-5-2-1-4-16(14)18)22(33)31-20(25(36)37)9-15-11-27-13-29-15/h1-2,4-5,10-11,13,17,19-21,28,38H,3,6-9,12,26H2,(H,27,29)(H,30,34)(H,31,33)(H,36,37). The number of rotatable bonds is 11. The average molecular weight is 542 g/mol. The number of imidazole rings is 1. The largest absolute Gasteiger partial charge is 0.480 e. The molecule has 2 aromatic heterocycles. The van der Waals surface area contributed by atoms with Crippen LogP contribution in [-0.4, -0.2) is 85.1 Å². The first-order chi connectivity index (χ1) is 18.3. The van der Waals surface area contributed by atoms with Crippen molar-refractivity contribution in [2.75, 3.05) is 12.3 Å². The summed E-state index contributed by atoms with van der Waals surface area (Å²) >= 11 is 4.09. The summed E-state index contributed by atoms with van der Waals surface area (Å²) in [6.45, 7) is 0.378. The highest BCUT2D eigenvalue weighted by Gasteiger charge is 2.38. The number of benzene rings is 1. The molecule has 7 N–H and O–H groups in total. The fraction of sp³-hybridized carbons (Fsp3) is 0.400. The Morgan fingerprint density at radius 3 is 2.66 bits per heavy atom. The number of thiol groups is 1. The molecular formula is C25H31N7O5S. The first-order valence-corrected chi connectivity index (χ1v) is 12.9. The molecule has 13 heteroatoms. The van der Waals surface area contributed by atoms with Crippen LogP contribution in [0.2, 0.25) is 0 Å². The number of aromatic nitrogens is 3. The average Bonchev–Trinajstić information content (AvgIpc) is 3.68. The van der Waals surface area contributed by atoms with E-state index in [1.807, 2.05) is 24.3 Å². The Morgan fingerprint density at radius 1 is 1.16 bits per heavy atom. The SMILES string of the molecule is NC(CS)C(=O)N1CCCC1C(=O)NC(Cc1c[nH]c2ccccc12)C(=O)NC(Cc1cnc[nH]1)C(=O)O. The number of nitrogens with two attached hydrogens (primary N) is 1. The number of hydrogen-bond donors (Lipinski definition) is 7. The van der Waals surface area contributed by atoms with Gasteiger partial charge in [-0.1, -0.05) is 18.2 Å². The van der Waals surface area contributed by atoms with Crippen molar-refractivity contribution in [2.45, 2.75) is 49.9 Å². The third-order valence-electron chi connectivity index (χ3n) is 6.68. The number of aromatic amines is 2. The number of carboxylic acids is 1. The molecule has 1 saturated heterocycles. The molecule has 3 amide bonds. The summed E-state index contributed by atoms with van der Waals surface area (Å²) in [6.07, 6.45) is 5.80. The van der Waals surface area contributed by atoms with E-state index in [2.05, 4.69) is 38.2 Å². The van der Waals surface area contributed by atoms with Gasteiger partial charge in [-0.05, 0) is 24.5 Å². The van der Waals surface area contributed by atoms with Crippen LogP contribution in [0.1, 0.15) is 24.1 Å². The maximum absolute atomic E-state index is 13.4. The predicted octanol–water partition coefficient (Wildman–Crippen LogP) is -0.0215. The van der Waals surface area contributed by atoms with Gasteiger partial charge in [0.25, 0.3) is 0 Å². The molecular weight excluding hydrogens is 510 g/mol. The van der Waals surface area contributed by atoms with Gasteiger partial charge in [-0.15, -0.1) is 0 Å². The zero-order valence-electron chi connectivity index (χ0n) is 20.6. The van der Waals surface area contributed by atoms with E-state index in [1.54, 1.807) is 6.20 Å². The van der Waals surface area contributed by atoms with Crippen molar-refractivity contribution in [1.29, 1.82) is 0 Å². The number of nitrogens with one attached hydrogen (secondary N) is 4. The van der Waals surface area contributed by atoms with Gasteiger partial charge in [0, 0.05) is 54.1 Å². The molecule has 202 valence electrons. The van der Waals surface area contributed by atoms with Gasteiger partial charge in [0.05, 0.1) is 12.4 Å². The van der Waals surface area contributed by atoms with Crippen molar-refractivity contribution < 1.29 is 24.3 Å². The number of para-hydroxylation sites is 1. The minimum atomic E-state index is -1.25. The molecule has 3 aromatic rings. The van der Waals surface area contributed by atoms with Crippen LogP contribution in [0, 0.1) is 0 Å². The van der Waals surface area contributed by atoms with Gasteiger partial charge in [0.2, 0.25) is 17.7 Å². The molecule has 0 aliphatic carbocycles. The quantitative estimate of drug-likeness (QED) is 0.166. The van der Waals surface area contributed by atoms with Crippen LogP contribution in [0.25, 0.3) is 10.9 Å². The van der Waals surface area contributed by atoms with Crippen molar-refractivity contribution in [2.24, 2.45) is 5.73 Å². The van der Waals surface area contributed by atoms with E-state index in [0.29, 0.717) is 25.1 Å². The molecule has 1 fully saturated rings. The van der Waals surface area contributed by atoms with Crippen molar-refractivity contribution in [3.63, 3.8) is 0 Å². The van der Waals surface area contributed by atoms with Crippen LogP contribution in [0.15, 0.2) is 43.0 Å². The fourth-order valence-electron chi connectivity index (χ4n) is 4.68. The third-order valence-corrected chi connectivity index (χ3v) is 7.07. The minimum Gasteiger partial charge on any atom is -0.480 e. The van der Waals surface area contributed by atoms with E-state index in [-0.39, 0.29) is 24.5 Å². The second-order valence-electron chi connectivity index (χ2n) is 9.28. The van der Waals surface area contributed by atoms with Crippen molar-refractivity contribution >= 4 is 47.2 Å². The molecule has 38 heavy (non-hydrogen) atoms. The second-order valence-corrected chi connectivity index (χ2v) is 9.65. The zero-order valence-corrected chi connectivity index (χ0v) is 21.5. The van der Waals surface area contributed by atoms with Crippen LogP contribution in [0.5, 0.6) is 0 Å². The first-order valence-electron chi connectivity index (χ1n) is 12.3. The number of H-pyrrole nitrogens is 2. The molecule has 1 aromatic carbocycles. The van der Waals surface area contributed by atoms with E-state index >= 15 is 0 Å². The Kier molecular flexibility index (Phi) is 8.69. The summed E-state index contributed by atoms with van der Waals surface area (Å²) < 4.78 is 0.